The molecule has 1 N–H and O–H groups in total. The quantitative estimate of drug-likeness (QED) is 0.786. The first-order valence-electron chi connectivity index (χ1n) is 8.86. The molecule has 8 nitrogen and oxygen atoms in total. The Morgan fingerprint density at radius 2 is 2.19 bits per heavy atom. The van der Waals surface area contributed by atoms with Crippen molar-refractivity contribution in [2.24, 2.45) is 5.41 Å². The van der Waals surface area contributed by atoms with Crippen molar-refractivity contribution in [3.63, 3.8) is 0 Å². The number of carbonyl (C=O) groups is 2. The van der Waals surface area contributed by atoms with E-state index >= 15 is 0 Å². The zero-order chi connectivity index (χ0) is 19.0. The van der Waals surface area contributed by atoms with Gasteiger partial charge in [-0.3, -0.25) is 9.69 Å². The van der Waals surface area contributed by atoms with Gasteiger partial charge in [0.25, 0.3) is 0 Å². The van der Waals surface area contributed by atoms with Crippen LogP contribution in [0.25, 0.3) is 0 Å². The summed E-state index contributed by atoms with van der Waals surface area (Å²) in [7, 11) is 1.43. The van der Waals surface area contributed by atoms with Crippen LogP contribution in [0.2, 0.25) is 0 Å². The van der Waals surface area contributed by atoms with Crippen LogP contribution in [0.1, 0.15) is 0 Å². The van der Waals surface area contributed by atoms with E-state index in [2.05, 4.69) is 5.32 Å². The predicted molar refractivity (Wildman–Crippen MR) is 94.4 cm³/mol. The molecule has 3 fully saturated rings. The van der Waals surface area contributed by atoms with Gasteiger partial charge in [-0.25, -0.2) is 9.18 Å². The molecule has 0 saturated carbocycles. The van der Waals surface area contributed by atoms with Gasteiger partial charge in [0, 0.05) is 20.2 Å². The van der Waals surface area contributed by atoms with Crippen LogP contribution >= 0.6 is 0 Å². The topological polar surface area (TPSA) is 80.3 Å². The number of hydrogen-bond acceptors (Lipinski definition) is 6. The number of nitrogens with zero attached hydrogens (tertiary/aromatic N) is 2. The van der Waals surface area contributed by atoms with Crippen LogP contribution in [0.4, 0.5) is 20.6 Å². The Morgan fingerprint density at radius 1 is 1.41 bits per heavy atom. The second-order valence-corrected chi connectivity index (χ2v) is 7.34. The maximum Gasteiger partial charge on any atom is 0.414 e. The van der Waals surface area contributed by atoms with Gasteiger partial charge >= 0.3 is 6.09 Å². The monoisotopic (exact) mass is 379 g/mol. The molecule has 3 aliphatic rings. The molecule has 27 heavy (non-hydrogen) atoms. The van der Waals surface area contributed by atoms with E-state index in [1.165, 1.54) is 18.1 Å². The number of carbonyl (C=O) groups excluding carboxylic acids is 2. The second-order valence-electron chi connectivity index (χ2n) is 7.34. The molecule has 9 heteroatoms. The van der Waals surface area contributed by atoms with Crippen molar-refractivity contribution in [2.75, 3.05) is 62.9 Å². The molecular formula is C18H22FN3O5. The average molecular weight is 379 g/mol. The lowest BCUT2D eigenvalue weighted by Gasteiger charge is -2.56. The largest absolute Gasteiger partial charge is 0.442 e. The number of cyclic esters (lactones) is 1. The van der Waals surface area contributed by atoms with Crippen LogP contribution in [0.5, 0.6) is 0 Å². The Morgan fingerprint density at radius 3 is 2.81 bits per heavy atom. The molecule has 0 aromatic heterocycles. The first kappa shape index (κ1) is 18.0. The zero-order valence-corrected chi connectivity index (χ0v) is 15.1. The highest BCUT2D eigenvalue weighted by Crippen LogP contribution is 2.41. The summed E-state index contributed by atoms with van der Waals surface area (Å²) in [4.78, 5) is 26.9. The van der Waals surface area contributed by atoms with E-state index in [1.807, 2.05) is 4.90 Å². The summed E-state index contributed by atoms with van der Waals surface area (Å²) in [6.45, 7) is 3.44. The molecular weight excluding hydrogens is 357 g/mol. The molecule has 1 aromatic rings. The number of nitrogens with one attached hydrogen (secondary N) is 1. The van der Waals surface area contributed by atoms with Gasteiger partial charge in [-0.15, -0.1) is 0 Å². The van der Waals surface area contributed by atoms with Crippen LogP contribution in [0, 0.1) is 11.2 Å². The first-order valence-corrected chi connectivity index (χ1v) is 8.86. The Bertz CT molecular complexity index is 747. The van der Waals surface area contributed by atoms with Crippen LogP contribution < -0.4 is 15.1 Å². The third-order valence-electron chi connectivity index (χ3n) is 5.13. The number of rotatable bonds is 6. The highest BCUT2D eigenvalue weighted by atomic mass is 19.1. The Labute approximate surface area is 156 Å². The van der Waals surface area contributed by atoms with E-state index in [0.29, 0.717) is 11.4 Å². The fraction of sp³-hybridized carbons (Fsp3) is 0.556. The molecule has 1 spiro atoms. The van der Waals surface area contributed by atoms with Crippen molar-refractivity contribution in [1.82, 2.24) is 5.32 Å². The molecule has 3 aliphatic heterocycles. The SMILES string of the molecule is COCC(=O)NC[C@H]1CN(c2ccc(N3CC4(COC4)C3)c(F)c2)C(=O)O1. The lowest BCUT2D eigenvalue weighted by Crippen LogP contribution is -2.66. The predicted octanol–water partition coefficient (Wildman–Crippen LogP) is 0.750. The maximum absolute atomic E-state index is 14.6. The smallest absolute Gasteiger partial charge is 0.414 e. The van der Waals surface area contributed by atoms with Crippen molar-refractivity contribution in [3.8, 4) is 0 Å². The molecule has 2 amide bonds. The number of anilines is 2. The zero-order valence-electron chi connectivity index (χ0n) is 15.1. The summed E-state index contributed by atoms with van der Waals surface area (Å²) in [6.07, 6.45) is -1.04. The molecule has 0 bridgehead atoms. The van der Waals surface area contributed by atoms with Crippen LogP contribution in [-0.2, 0) is 19.0 Å². The average Bonchev–Trinajstić information content (AvgIpc) is 2.93. The first-order chi connectivity index (χ1) is 13.0. The minimum Gasteiger partial charge on any atom is -0.442 e. The van der Waals surface area contributed by atoms with Crippen molar-refractivity contribution < 1.29 is 28.2 Å². The summed E-state index contributed by atoms with van der Waals surface area (Å²) in [6, 6.07) is 4.76. The summed E-state index contributed by atoms with van der Waals surface area (Å²) in [5, 5.41) is 2.63. The molecule has 0 radical (unpaired) electrons. The van der Waals surface area contributed by atoms with E-state index in [0.717, 1.165) is 26.3 Å². The minimum absolute atomic E-state index is 0.0546. The van der Waals surface area contributed by atoms with Gasteiger partial charge in [-0.2, -0.15) is 0 Å². The van der Waals surface area contributed by atoms with Gasteiger partial charge in [-0.05, 0) is 18.2 Å². The Balaban J connectivity index is 1.36. The van der Waals surface area contributed by atoms with Crippen molar-refractivity contribution in [2.45, 2.75) is 6.10 Å². The number of amides is 2. The highest BCUT2D eigenvalue weighted by molar-refractivity contribution is 5.90. The molecule has 1 aromatic carbocycles. The summed E-state index contributed by atoms with van der Waals surface area (Å²) >= 11 is 0. The van der Waals surface area contributed by atoms with E-state index in [-0.39, 0.29) is 36.8 Å². The third-order valence-corrected chi connectivity index (χ3v) is 5.13. The van der Waals surface area contributed by atoms with Crippen LogP contribution in [-0.4, -0.2) is 71.2 Å². The van der Waals surface area contributed by atoms with Crippen molar-refractivity contribution >= 4 is 23.4 Å². The number of halogens is 1. The normalized spacial score (nSPS) is 23.0. The Kier molecular flexibility index (Phi) is 4.65. The summed E-state index contributed by atoms with van der Waals surface area (Å²) in [5.41, 5.74) is 1.17. The second kappa shape index (κ2) is 6.97. The van der Waals surface area contributed by atoms with Crippen molar-refractivity contribution in [1.29, 1.82) is 0 Å². The summed E-state index contributed by atoms with van der Waals surface area (Å²) in [5.74, 6) is -0.654. The lowest BCUT2D eigenvalue weighted by molar-refractivity contribution is -0.127. The maximum atomic E-state index is 14.6. The van der Waals surface area contributed by atoms with Gasteiger partial charge in [0.2, 0.25) is 5.91 Å². The van der Waals surface area contributed by atoms with Gasteiger partial charge in [0.15, 0.2) is 0 Å². The molecule has 0 aliphatic carbocycles. The van der Waals surface area contributed by atoms with Gasteiger partial charge in [-0.1, -0.05) is 0 Å². The number of methoxy groups -OCH3 is 1. The van der Waals surface area contributed by atoms with E-state index < -0.39 is 12.2 Å². The Hall–Kier alpha value is -2.39. The fourth-order valence-electron chi connectivity index (χ4n) is 3.68. The van der Waals surface area contributed by atoms with Gasteiger partial charge in [0.1, 0.15) is 18.5 Å². The van der Waals surface area contributed by atoms with E-state index in [1.54, 1.807) is 12.1 Å². The highest BCUT2D eigenvalue weighted by Gasteiger charge is 2.49. The molecule has 4 rings (SSSR count). The fourth-order valence-corrected chi connectivity index (χ4v) is 3.68. The van der Waals surface area contributed by atoms with Crippen LogP contribution in [0.15, 0.2) is 18.2 Å². The van der Waals surface area contributed by atoms with E-state index in [9.17, 15) is 14.0 Å². The van der Waals surface area contributed by atoms with Gasteiger partial charge in [0.05, 0.1) is 43.1 Å². The van der Waals surface area contributed by atoms with E-state index in [4.69, 9.17) is 14.2 Å². The lowest BCUT2D eigenvalue weighted by atomic mass is 9.78. The number of benzene rings is 1. The molecule has 3 heterocycles. The van der Waals surface area contributed by atoms with Crippen molar-refractivity contribution in [3.05, 3.63) is 24.0 Å². The molecule has 146 valence electrons. The standard InChI is InChI=1S/C18H22FN3O5/c1-25-7-16(23)20-5-13-6-22(17(24)27-13)12-2-3-15(14(19)4-12)21-8-18(9-21)10-26-11-18/h2-4,13H,5-11H2,1H3,(H,20,23)/t13-/m0/s1. The molecule has 0 unspecified atom stereocenters. The molecule has 3 saturated heterocycles. The van der Waals surface area contributed by atoms with Gasteiger partial charge < -0.3 is 24.4 Å². The number of hydrogen-bond donors (Lipinski definition) is 1. The number of ether oxygens (including phenoxy) is 3. The van der Waals surface area contributed by atoms with Crippen LogP contribution in [0.3, 0.4) is 0 Å². The molecule has 1 atom stereocenters. The summed E-state index contributed by atoms with van der Waals surface area (Å²) < 4.78 is 29.8. The minimum atomic E-state index is -0.553. The third kappa shape index (κ3) is 3.44.